The topological polar surface area (TPSA) is 75.9 Å². The highest BCUT2D eigenvalue weighted by Crippen LogP contribution is 2.09. The number of nitrogens with zero attached hydrogens (tertiary/aromatic N) is 4. The molecule has 2 heterocycles. The van der Waals surface area contributed by atoms with E-state index in [-0.39, 0.29) is 5.56 Å². The summed E-state index contributed by atoms with van der Waals surface area (Å²) in [7, 11) is 0. The molecule has 1 N–H and O–H groups in total. The summed E-state index contributed by atoms with van der Waals surface area (Å²) in [6.07, 6.45) is 1.52. The number of aryl methyl sites for hydroxylation is 3. The molecule has 0 saturated heterocycles. The normalized spacial score (nSPS) is 11.3. The number of benzene rings is 1. The third-order valence-corrected chi connectivity index (χ3v) is 3.41. The van der Waals surface area contributed by atoms with Crippen LogP contribution in [0, 0.1) is 20.8 Å². The molecule has 3 rings (SSSR count). The van der Waals surface area contributed by atoms with Crippen LogP contribution in [0.25, 0.3) is 5.69 Å². The van der Waals surface area contributed by atoms with Gasteiger partial charge in [-0.3, -0.25) is 9.89 Å². The van der Waals surface area contributed by atoms with Crippen LogP contribution in [0.5, 0.6) is 0 Å². The van der Waals surface area contributed by atoms with Gasteiger partial charge in [-0.25, -0.2) is 19.6 Å². The summed E-state index contributed by atoms with van der Waals surface area (Å²) >= 11 is 0. The highest BCUT2D eigenvalue weighted by atomic mass is 16.1. The summed E-state index contributed by atoms with van der Waals surface area (Å²) in [6, 6.07) is 11.3. The highest BCUT2D eigenvalue weighted by Gasteiger charge is 2.10. The molecule has 0 aliphatic rings. The molecule has 1 aromatic carbocycles. The van der Waals surface area contributed by atoms with Crippen LogP contribution in [-0.2, 0) is 0 Å². The van der Waals surface area contributed by atoms with Gasteiger partial charge in [0.15, 0.2) is 0 Å². The van der Waals surface area contributed by atoms with E-state index in [2.05, 4.69) is 20.1 Å². The van der Waals surface area contributed by atoms with Crippen LogP contribution in [0.15, 0.2) is 46.2 Å². The molecule has 2 aromatic heterocycles. The second-order valence-corrected chi connectivity index (χ2v) is 5.34. The van der Waals surface area contributed by atoms with Gasteiger partial charge in [0, 0.05) is 23.3 Å². The van der Waals surface area contributed by atoms with Crippen LogP contribution in [-0.4, -0.2) is 26.0 Å². The molecular weight excluding hydrogens is 290 g/mol. The maximum absolute atomic E-state index is 12.5. The van der Waals surface area contributed by atoms with Crippen LogP contribution in [0.4, 0.5) is 5.95 Å². The number of aliphatic imine (C=N–C) groups is 1. The van der Waals surface area contributed by atoms with Gasteiger partial charge in [-0.05, 0) is 39.0 Å². The monoisotopic (exact) mass is 307 g/mol. The Balaban J connectivity index is 2.00. The van der Waals surface area contributed by atoms with E-state index in [1.54, 1.807) is 0 Å². The molecule has 3 aromatic rings. The van der Waals surface area contributed by atoms with Crippen molar-refractivity contribution < 1.29 is 0 Å². The van der Waals surface area contributed by atoms with Gasteiger partial charge in [0.05, 0.1) is 11.3 Å². The lowest BCUT2D eigenvalue weighted by Crippen LogP contribution is -2.17. The molecule has 0 radical (unpaired) electrons. The number of para-hydroxylation sites is 1. The van der Waals surface area contributed by atoms with Gasteiger partial charge in [-0.15, -0.1) is 0 Å². The molecule has 0 bridgehead atoms. The fourth-order valence-electron chi connectivity index (χ4n) is 2.36. The lowest BCUT2D eigenvalue weighted by Gasteiger charge is -1.99. The van der Waals surface area contributed by atoms with E-state index in [0.29, 0.717) is 11.5 Å². The fraction of sp³-hybridized carbons (Fsp3) is 0.176. The maximum atomic E-state index is 12.5. The van der Waals surface area contributed by atoms with Gasteiger partial charge >= 0.3 is 0 Å². The van der Waals surface area contributed by atoms with Gasteiger partial charge in [-0.1, -0.05) is 18.2 Å². The van der Waals surface area contributed by atoms with Crippen molar-refractivity contribution in [1.29, 1.82) is 0 Å². The van der Waals surface area contributed by atoms with E-state index in [1.807, 2.05) is 57.2 Å². The maximum Gasteiger partial charge on any atom is 0.280 e. The standard InChI is InChI=1S/C17H17N5O/c1-11-9-12(2)20-17(19-11)18-10-15-13(3)21-22(16(15)23)14-7-5-4-6-8-14/h4-10,21H,1-3H3/b18-10+. The molecule has 23 heavy (non-hydrogen) atoms. The molecular formula is C17H17N5O. The van der Waals surface area contributed by atoms with Crippen LogP contribution < -0.4 is 5.56 Å². The van der Waals surface area contributed by atoms with E-state index in [1.165, 1.54) is 10.9 Å². The molecule has 116 valence electrons. The summed E-state index contributed by atoms with van der Waals surface area (Å²) < 4.78 is 1.50. The summed E-state index contributed by atoms with van der Waals surface area (Å²) in [5, 5.41) is 3.06. The molecule has 0 aliphatic heterocycles. The Hall–Kier alpha value is -3.02. The Labute approximate surface area is 133 Å². The summed E-state index contributed by atoms with van der Waals surface area (Å²) in [5.41, 5.74) is 3.56. The van der Waals surface area contributed by atoms with Gasteiger partial charge in [0.2, 0.25) is 5.95 Å². The number of aromatic amines is 1. The smallest absolute Gasteiger partial charge is 0.280 e. The average Bonchev–Trinajstić information content (AvgIpc) is 2.80. The first-order chi connectivity index (χ1) is 11.0. The first kappa shape index (κ1) is 14.9. The zero-order chi connectivity index (χ0) is 16.4. The largest absolute Gasteiger partial charge is 0.295 e. The van der Waals surface area contributed by atoms with E-state index < -0.39 is 0 Å². The van der Waals surface area contributed by atoms with Crippen molar-refractivity contribution in [3.05, 3.63) is 69.4 Å². The number of aromatic nitrogens is 4. The number of H-pyrrole nitrogens is 1. The van der Waals surface area contributed by atoms with E-state index >= 15 is 0 Å². The Morgan fingerprint density at radius 1 is 1.09 bits per heavy atom. The quantitative estimate of drug-likeness (QED) is 0.756. The summed E-state index contributed by atoms with van der Waals surface area (Å²) in [6.45, 7) is 5.61. The highest BCUT2D eigenvalue weighted by molar-refractivity contribution is 5.82. The predicted octanol–water partition coefficient (Wildman–Crippen LogP) is 2.63. The summed E-state index contributed by atoms with van der Waals surface area (Å²) in [4.78, 5) is 25.3. The van der Waals surface area contributed by atoms with Crippen molar-refractivity contribution in [2.24, 2.45) is 4.99 Å². The van der Waals surface area contributed by atoms with Crippen molar-refractivity contribution in [1.82, 2.24) is 19.7 Å². The van der Waals surface area contributed by atoms with Crippen LogP contribution in [0.1, 0.15) is 22.6 Å². The zero-order valence-corrected chi connectivity index (χ0v) is 13.2. The van der Waals surface area contributed by atoms with Gasteiger partial charge < -0.3 is 0 Å². The second kappa shape index (κ2) is 6.00. The minimum atomic E-state index is -0.151. The number of nitrogens with one attached hydrogen (secondary N) is 1. The van der Waals surface area contributed by atoms with Gasteiger partial charge in [0.1, 0.15) is 0 Å². The number of hydrogen-bond acceptors (Lipinski definition) is 4. The third-order valence-electron chi connectivity index (χ3n) is 3.41. The lowest BCUT2D eigenvalue weighted by molar-refractivity contribution is 0.835. The summed E-state index contributed by atoms with van der Waals surface area (Å²) in [5.74, 6) is 0.355. The minimum absolute atomic E-state index is 0.151. The van der Waals surface area contributed by atoms with Crippen molar-refractivity contribution in [3.63, 3.8) is 0 Å². The molecule has 0 atom stereocenters. The van der Waals surface area contributed by atoms with Crippen LogP contribution >= 0.6 is 0 Å². The molecule has 0 amide bonds. The van der Waals surface area contributed by atoms with Crippen molar-refractivity contribution >= 4 is 12.2 Å². The SMILES string of the molecule is Cc1cc(C)nc(/N=C/c2c(C)[nH]n(-c3ccccc3)c2=O)n1. The van der Waals surface area contributed by atoms with Crippen LogP contribution in [0.3, 0.4) is 0 Å². The van der Waals surface area contributed by atoms with E-state index in [4.69, 9.17) is 0 Å². The molecule has 0 spiro atoms. The Bertz CT molecular complexity index is 902. The first-order valence-electron chi connectivity index (χ1n) is 7.28. The van der Waals surface area contributed by atoms with Crippen LogP contribution in [0.2, 0.25) is 0 Å². The molecule has 0 aliphatic carbocycles. The van der Waals surface area contributed by atoms with Crippen molar-refractivity contribution in [2.75, 3.05) is 0 Å². The molecule has 6 heteroatoms. The van der Waals surface area contributed by atoms with Crippen molar-refractivity contribution in [3.8, 4) is 5.69 Å². The van der Waals surface area contributed by atoms with Gasteiger partial charge in [-0.2, -0.15) is 0 Å². The lowest BCUT2D eigenvalue weighted by atomic mass is 10.3. The van der Waals surface area contributed by atoms with E-state index in [0.717, 1.165) is 22.8 Å². The molecule has 0 fully saturated rings. The molecule has 6 nitrogen and oxygen atoms in total. The van der Waals surface area contributed by atoms with Gasteiger partial charge in [0.25, 0.3) is 5.56 Å². The van der Waals surface area contributed by atoms with Crippen molar-refractivity contribution in [2.45, 2.75) is 20.8 Å². The second-order valence-electron chi connectivity index (χ2n) is 5.34. The minimum Gasteiger partial charge on any atom is -0.295 e. The average molecular weight is 307 g/mol. The number of rotatable bonds is 3. The third kappa shape index (κ3) is 3.11. The fourth-order valence-corrected chi connectivity index (χ4v) is 2.36. The molecule has 0 unspecified atom stereocenters. The zero-order valence-electron chi connectivity index (χ0n) is 13.2. The Morgan fingerprint density at radius 2 is 1.74 bits per heavy atom. The Kier molecular flexibility index (Phi) is 3.89. The van der Waals surface area contributed by atoms with E-state index in [9.17, 15) is 4.79 Å². The Morgan fingerprint density at radius 3 is 2.39 bits per heavy atom. The molecule has 0 saturated carbocycles. The predicted molar refractivity (Wildman–Crippen MR) is 89.9 cm³/mol. The number of hydrogen-bond donors (Lipinski definition) is 1. The first-order valence-corrected chi connectivity index (χ1v) is 7.28.